The maximum atomic E-state index is 14.5. The second-order valence-corrected chi connectivity index (χ2v) is 15.8. The number of rotatable bonds is 6. The molecule has 1 unspecified atom stereocenters. The SMILES string of the molecule is CCC(C)C(=O)O[C@H]1[C@H](C)[C@@H](C)O[C@@]2(C[C@@H]3C[C@@H](C/C=C(/C)C[C@@H](C)/C=C\C=C4\CO[C@@H]5[C@H](O)C(COC(=O)c6ccc[nH]6)=C[C@@H](C(=O)O3)[C@]45O)O2)[C@@H]1O. The third-order valence-electron chi connectivity index (χ3n) is 11.8. The van der Waals surface area contributed by atoms with Gasteiger partial charge in [-0.3, -0.25) is 9.59 Å². The van der Waals surface area contributed by atoms with E-state index in [-0.39, 0.29) is 55.1 Å². The number of aliphatic hydroxyl groups is 3. The number of carbonyl (C=O) groups excluding carboxylic acids is 3. The predicted molar refractivity (Wildman–Crippen MR) is 194 cm³/mol. The molecule has 13 atom stereocenters. The lowest BCUT2D eigenvalue weighted by atomic mass is 9.70. The van der Waals surface area contributed by atoms with Crippen LogP contribution in [0.2, 0.25) is 0 Å². The van der Waals surface area contributed by atoms with Gasteiger partial charge in [0.05, 0.1) is 24.7 Å². The molecular formula is C41H55NO12. The van der Waals surface area contributed by atoms with Gasteiger partial charge in [0.15, 0.2) is 0 Å². The highest BCUT2D eigenvalue weighted by atomic mass is 16.7. The van der Waals surface area contributed by atoms with Crippen molar-refractivity contribution in [2.24, 2.45) is 23.7 Å². The zero-order valence-electron chi connectivity index (χ0n) is 31.9. The molecule has 4 N–H and O–H groups in total. The Bertz CT molecular complexity index is 1660. The number of nitrogens with one attached hydrogen (secondary N) is 1. The van der Waals surface area contributed by atoms with E-state index in [1.807, 2.05) is 39.8 Å². The van der Waals surface area contributed by atoms with Gasteiger partial charge in [-0.1, -0.05) is 63.6 Å². The van der Waals surface area contributed by atoms with E-state index in [9.17, 15) is 29.7 Å². The summed E-state index contributed by atoms with van der Waals surface area (Å²) in [5.41, 5.74) is -0.106. The molecule has 296 valence electrons. The molecule has 4 aliphatic heterocycles. The summed E-state index contributed by atoms with van der Waals surface area (Å²) in [6.45, 7) is 11.0. The zero-order valence-corrected chi connectivity index (χ0v) is 31.9. The van der Waals surface area contributed by atoms with Gasteiger partial charge < -0.3 is 48.7 Å². The molecule has 6 rings (SSSR count). The number of hydrogen-bond donors (Lipinski definition) is 4. The number of aromatic amines is 1. The normalized spacial score (nSPS) is 41.6. The molecule has 0 radical (unpaired) electrons. The van der Waals surface area contributed by atoms with Gasteiger partial charge in [0.25, 0.3) is 0 Å². The van der Waals surface area contributed by atoms with Crippen molar-refractivity contribution in [1.29, 1.82) is 0 Å². The van der Waals surface area contributed by atoms with Crippen molar-refractivity contribution in [3.63, 3.8) is 0 Å². The first-order valence-corrected chi connectivity index (χ1v) is 19.2. The van der Waals surface area contributed by atoms with E-state index >= 15 is 0 Å². The number of hydrogen-bond acceptors (Lipinski definition) is 12. The van der Waals surface area contributed by atoms with Crippen molar-refractivity contribution < 1.29 is 58.1 Å². The fraction of sp³-hybridized carbons (Fsp3) is 0.634. The number of aromatic nitrogens is 1. The number of esters is 3. The van der Waals surface area contributed by atoms with Gasteiger partial charge in [-0.05, 0) is 62.3 Å². The Morgan fingerprint density at radius 1 is 1.15 bits per heavy atom. The van der Waals surface area contributed by atoms with Gasteiger partial charge in [0.2, 0.25) is 5.79 Å². The average molecular weight is 754 g/mol. The fourth-order valence-electron chi connectivity index (χ4n) is 8.24. The van der Waals surface area contributed by atoms with Crippen LogP contribution < -0.4 is 0 Å². The van der Waals surface area contributed by atoms with Crippen molar-refractivity contribution in [2.45, 2.75) is 128 Å². The van der Waals surface area contributed by atoms with Crippen LogP contribution >= 0.6 is 0 Å². The number of allylic oxidation sites excluding steroid dienone is 4. The highest BCUT2D eigenvalue weighted by molar-refractivity contribution is 5.87. The van der Waals surface area contributed by atoms with Gasteiger partial charge in [0.1, 0.15) is 54.3 Å². The van der Waals surface area contributed by atoms with Crippen LogP contribution in [0.4, 0.5) is 0 Å². The maximum Gasteiger partial charge on any atom is 0.355 e. The van der Waals surface area contributed by atoms with E-state index in [4.69, 9.17) is 28.4 Å². The van der Waals surface area contributed by atoms with Gasteiger partial charge in [-0.15, -0.1) is 0 Å². The minimum absolute atomic E-state index is 0.0572. The van der Waals surface area contributed by atoms with Crippen molar-refractivity contribution in [2.75, 3.05) is 13.2 Å². The summed E-state index contributed by atoms with van der Waals surface area (Å²) < 4.78 is 36.8. The highest BCUT2D eigenvalue weighted by Gasteiger charge is 2.62. The van der Waals surface area contributed by atoms with E-state index in [0.29, 0.717) is 18.4 Å². The number of fused-ring (bicyclic) bond motifs is 2. The largest absolute Gasteiger partial charge is 0.462 e. The average Bonchev–Trinajstić information content (AvgIpc) is 3.79. The molecule has 5 aliphatic rings. The third kappa shape index (κ3) is 7.89. The molecule has 1 aromatic heterocycles. The summed E-state index contributed by atoms with van der Waals surface area (Å²) in [5, 5.41) is 35.9. The monoisotopic (exact) mass is 753 g/mol. The highest BCUT2D eigenvalue weighted by Crippen LogP contribution is 2.48. The molecule has 1 aromatic rings. The van der Waals surface area contributed by atoms with E-state index in [1.54, 1.807) is 31.3 Å². The number of ether oxygens (including phenoxy) is 6. The summed E-state index contributed by atoms with van der Waals surface area (Å²) in [4.78, 5) is 43.0. The second-order valence-electron chi connectivity index (χ2n) is 15.8. The number of aliphatic hydroxyl groups excluding tert-OH is 2. The zero-order chi connectivity index (χ0) is 38.9. The van der Waals surface area contributed by atoms with Crippen LogP contribution in [0, 0.1) is 23.7 Å². The summed E-state index contributed by atoms with van der Waals surface area (Å²) >= 11 is 0. The van der Waals surface area contributed by atoms with Crippen LogP contribution in [0.15, 0.2) is 65.4 Å². The van der Waals surface area contributed by atoms with Crippen LogP contribution in [0.1, 0.15) is 84.1 Å². The third-order valence-corrected chi connectivity index (χ3v) is 11.8. The van der Waals surface area contributed by atoms with Crippen LogP contribution in [0.5, 0.6) is 0 Å². The van der Waals surface area contributed by atoms with Gasteiger partial charge >= 0.3 is 17.9 Å². The smallest absolute Gasteiger partial charge is 0.355 e. The van der Waals surface area contributed by atoms with Crippen LogP contribution in [-0.4, -0.2) is 106 Å². The molecule has 1 aliphatic carbocycles. The minimum atomic E-state index is -1.99. The van der Waals surface area contributed by atoms with Gasteiger partial charge in [-0.25, -0.2) is 4.79 Å². The lowest BCUT2D eigenvalue weighted by Gasteiger charge is -2.53. The Morgan fingerprint density at radius 2 is 1.93 bits per heavy atom. The van der Waals surface area contributed by atoms with Crippen LogP contribution in [0.3, 0.4) is 0 Å². The first-order chi connectivity index (χ1) is 25.7. The lowest BCUT2D eigenvalue weighted by molar-refractivity contribution is -0.383. The first-order valence-electron chi connectivity index (χ1n) is 19.2. The van der Waals surface area contributed by atoms with E-state index in [1.165, 1.54) is 6.08 Å². The molecule has 0 aromatic carbocycles. The summed E-state index contributed by atoms with van der Waals surface area (Å²) in [6, 6.07) is 3.20. The molecule has 0 amide bonds. The summed E-state index contributed by atoms with van der Waals surface area (Å²) in [5.74, 6) is -5.56. The van der Waals surface area contributed by atoms with E-state index < -0.39 is 77.9 Å². The summed E-state index contributed by atoms with van der Waals surface area (Å²) in [7, 11) is 0. The molecule has 0 saturated carbocycles. The molecular weight excluding hydrogens is 698 g/mol. The number of carbonyl (C=O) groups is 3. The van der Waals surface area contributed by atoms with Crippen LogP contribution in [0.25, 0.3) is 0 Å². The lowest BCUT2D eigenvalue weighted by Crippen LogP contribution is -2.67. The molecule has 2 bridgehead atoms. The molecule has 13 nitrogen and oxygen atoms in total. The van der Waals surface area contributed by atoms with Gasteiger partial charge in [-0.2, -0.15) is 0 Å². The molecule has 5 heterocycles. The van der Waals surface area contributed by atoms with Crippen LogP contribution in [-0.2, 0) is 38.0 Å². The van der Waals surface area contributed by atoms with Crippen molar-refractivity contribution in [1.82, 2.24) is 4.98 Å². The van der Waals surface area contributed by atoms with E-state index in [2.05, 4.69) is 18.0 Å². The van der Waals surface area contributed by atoms with Gasteiger partial charge in [0, 0.05) is 25.0 Å². The molecule has 1 spiro atoms. The minimum Gasteiger partial charge on any atom is -0.462 e. The Balaban J connectivity index is 1.36. The quantitative estimate of drug-likeness (QED) is 0.185. The van der Waals surface area contributed by atoms with E-state index in [0.717, 1.165) is 12.0 Å². The fourth-order valence-corrected chi connectivity index (χ4v) is 8.24. The number of H-pyrrole nitrogens is 1. The maximum absolute atomic E-state index is 14.5. The molecule has 54 heavy (non-hydrogen) atoms. The Hall–Kier alpha value is -3.59. The topological polar surface area (TPSA) is 183 Å². The van der Waals surface area contributed by atoms with Crippen molar-refractivity contribution in [3.05, 3.63) is 71.1 Å². The Kier molecular flexibility index (Phi) is 12.1. The van der Waals surface area contributed by atoms with Crippen molar-refractivity contribution >= 4 is 17.9 Å². The molecule has 3 saturated heterocycles. The standard InChI is InChI=1S/C41H55NO12/c1-7-24(4)37(45)52-34-25(5)26(6)53-40(35(34)44)19-30-18-29(54-40)14-13-23(3)16-22(2)10-8-11-28-21-49-36-33(43)27(17-31(38(46)51-30)41(28,36)48)20-50-39(47)32-12-9-15-42-32/h8-13,15,17,22,24-26,29-31,33-36,42-44,48H,7,14,16,18-21H2,1-6H3/b10-8-,23-13-,28-11-/t22-,24?,25+,26+,29+,30-,31-,33+,34-,35+,36+,40+,41+/m0/s1. The molecule has 3 fully saturated rings. The second kappa shape index (κ2) is 16.3. The van der Waals surface area contributed by atoms with Crippen molar-refractivity contribution in [3.8, 4) is 0 Å². The predicted octanol–water partition coefficient (Wildman–Crippen LogP) is 4.24. The Morgan fingerprint density at radius 3 is 2.65 bits per heavy atom. The Labute approximate surface area is 316 Å². The molecule has 13 heteroatoms. The first kappa shape index (κ1) is 40.1. The summed E-state index contributed by atoms with van der Waals surface area (Å²) in [6.07, 6.45) is 5.61.